The molecule has 7 heteroatoms. The van der Waals surface area contributed by atoms with Crippen molar-refractivity contribution >= 4 is 23.2 Å². The second-order valence-electron chi connectivity index (χ2n) is 6.41. The third-order valence-corrected chi connectivity index (χ3v) is 4.21. The lowest BCUT2D eigenvalue weighted by Gasteiger charge is -2.34. The number of benzene rings is 1. The van der Waals surface area contributed by atoms with E-state index in [-0.39, 0.29) is 11.8 Å². The van der Waals surface area contributed by atoms with E-state index in [1.54, 1.807) is 29.2 Å². The monoisotopic (exact) mass is 334 g/mol. The largest absolute Gasteiger partial charge is 0.381 e. The minimum Gasteiger partial charge on any atom is -0.381 e. The van der Waals surface area contributed by atoms with Crippen molar-refractivity contribution in [2.45, 2.75) is 12.8 Å². The fourth-order valence-electron chi connectivity index (χ4n) is 2.67. The summed E-state index contributed by atoms with van der Waals surface area (Å²) in [6, 6.07) is 7.07. The van der Waals surface area contributed by atoms with Crippen molar-refractivity contribution < 1.29 is 14.3 Å². The molecule has 1 aliphatic rings. The number of ether oxygens (including phenoxy) is 1. The van der Waals surface area contributed by atoms with Gasteiger partial charge < -0.3 is 26.0 Å². The van der Waals surface area contributed by atoms with Crippen LogP contribution in [0.5, 0.6) is 0 Å². The average Bonchev–Trinajstić information content (AvgIpc) is 2.56. The maximum absolute atomic E-state index is 12.6. The first-order valence-corrected chi connectivity index (χ1v) is 8.09. The lowest BCUT2D eigenvalue weighted by atomic mass is 9.79. The summed E-state index contributed by atoms with van der Waals surface area (Å²) in [6.07, 6.45) is 1.27. The summed E-state index contributed by atoms with van der Waals surface area (Å²) >= 11 is 0. The Hall–Kier alpha value is -1.96. The molecule has 1 aromatic carbocycles. The van der Waals surface area contributed by atoms with Gasteiger partial charge in [-0.2, -0.15) is 0 Å². The van der Waals surface area contributed by atoms with Gasteiger partial charge in [0.25, 0.3) is 0 Å². The van der Waals surface area contributed by atoms with Crippen LogP contribution in [-0.4, -0.2) is 57.1 Å². The van der Waals surface area contributed by atoms with E-state index in [0.717, 1.165) is 0 Å². The van der Waals surface area contributed by atoms with Crippen LogP contribution in [0.2, 0.25) is 0 Å². The van der Waals surface area contributed by atoms with Crippen molar-refractivity contribution in [3.05, 3.63) is 24.3 Å². The van der Waals surface area contributed by atoms with Gasteiger partial charge in [-0.15, -0.1) is 0 Å². The summed E-state index contributed by atoms with van der Waals surface area (Å²) in [5, 5.41) is 5.73. The van der Waals surface area contributed by atoms with Gasteiger partial charge in [-0.3, -0.25) is 9.59 Å². The smallest absolute Gasteiger partial charge is 0.238 e. The predicted molar refractivity (Wildman–Crippen MR) is 93.8 cm³/mol. The van der Waals surface area contributed by atoms with Gasteiger partial charge in [0.15, 0.2) is 0 Å². The number of nitrogens with zero attached hydrogens (tertiary/aromatic N) is 1. The summed E-state index contributed by atoms with van der Waals surface area (Å²) in [5.74, 6) is -0.154. The number of rotatable bonds is 6. The van der Waals surface area contributed by atoms with Crippen LogP contribution in [0, 0.1) is 5.41 Å². The molecule has 0 aromatic heterocycles. The molecular formula is C17H26N4O3. The number of nitrogens with one attached hydrogen (secondary N) is 2. The van der Waals surface area contributed by atoms with Gasteiger partial charge >= 0.3 is 0 Å². The summed E-state index contributed by atoms with van der Waals surface area (Å²) in [7, 11) is 3.67. The van der Waals surface area contributed by atoms with Crippen LogP contribution in [-0.2, 0) is 14.3 Å². The summed E-state index contributed by atoms with van der Waals surface area (Å²) in [4.78, 5) is 26.1. The molecule has 1 saturated heterocycles. The molecule has 7 nitrogen and oxygen atoms in total. The number of likely N-dealkylation sites (N-methyl/N-ethyl adjacent to an activating group) is 1. The summed E-state index contributed by atoms with van der Waals surface area (Å²) in [6.45, 7) is 1.74. The number of amides is 2. The zero-order valence-electron chi connectivity index (χ0n) is 14.3. The molecule has 4 N–H and O–H groups in total. The van der Waals surface area contributed by atoms with Gasteiger partial charge in [-0.1, -0.05) is 0 Å². The SMILES string of the molecule is CN(C)CC(=O)Nc1ccc(NC(=O)C2(CN)CCOCC2)cc1. The molecular weight excluding hydrogens is 308 g/mol. The fraction of sp³-hybridized carbons (Fsp3) is 0.529. The van der Waals surface area contributed by atoms with E-state index in [0.29, 0.717) is 50.5 Å². The zero-order valence-corrected chi connectivity index (χ0v) is 14.3. The van der Waals surface area contributed by atoms with Gasteiger partial charge in [0.05, 0.1) is 12.0 Å². The lowest BCUT2D eigenvalue weighted by molar-refractivity contribution is -0.130. The Kier molecular flexibility index (Phi) is 6.30. The van der Waals surface area contributed by atoms with Crippen LogP contribution < -0.4 is 16.4 Å². The van der Waals surface area contributed by atoms with Gasteiger partial charge in [0, 0.05) is 31.1 Å². The zero-order chi connectivity index (χ0) is 17.6. The molecule has 0 spiro atoms. The van der Waals surface area contributed by atoms with Crippen LogP contribution in [0.1, 0.15) is 12.8 Å². The highest BCUT2D eigenvalue weighted by Crippen LogP contribution is 2.31. The van der Waals surface area contributed by atoms with E-state index in [9.17, 15) is 9.59 Å². The molecule has 132 valence electrons. The number of anilines is 2. The van der Waals surface area contributed by atoms with Crippen LogP contribution in [0.3, 0.4) is 0 Å². The lowest BCUT2D eigenvalue weighted by Crippen LogP contribution is -2.46. The summed E-state index contributed by atoms with van der Waals surface area (Å²) < 4.78 is 5.33. The topological polar surface area (TPSA) is 96.7 Å². The van der Waals surface area contributed by atoms with Crippen molar-refractivity contribution in [3.63, 3.8) is 0 Å². The Morgan fingerprint density at radius 1 is 1.12 bits per heavy atom. The second-order valence-corrected chi connectivity index (χ2v) is 6.41. The summed E-state index contributed by atoms with van der Waals surface area (Å²) in [5.41, 5.74) is 6.66. The van der Waals surface area contributed by atoms with Gasteiger partial charge in [0.1, 0.15) is 0 Å². The first kappa shape index (κ1) is 18.4. The van der Waals surface area contributed by atoms with Crippen molar-refractivity contribution in [1.29, 1.82) is 0 Å². The number of nitrogens with two attached hydrogens (primary N) is 1. The Bertz CT molecular complexity index is 566. The highest BCUT2D eigenvalue weighted by molar-refractivity contribution is 5.96. The molecule has 2 rings (SSSR count). The number of hydrogen-bond acceptors (Lipinski definition) is 5. The van der Waals surface area contributed by atoms with Crippen molar-refractivity contribution in [3.8, 4) is 0 Å². The molecule has 0 bridgehead atoms. The van der Waals surface area contributed by atoms with Crippen LogP contribution in [0.4, 0.5) is 11.4 Å². The highest BCUT2D eigenvalue weighted by atomic mass is 16.5. The normalized spacial score (nSPS) is 16.7. The molecule has 1 aromatic rings. The molecule has 1 heterocycles. The van der Waals surface area contributed by atoms with Gasteiger partial charge in [0.2, 0.25) is 11.8 Å². The number of carbonyl (C=O) groups excluding carboxylic acids is 2. The molecule has 0 atom stereocenters. The first-order valence-electron chi connectivity index (χ1n) is 8.09. The van der Waals surface area contributed by atoms with Crippen molar-refractivity contribution in [2.75, 3.05) is 51.0 Å². The molecule has 0 saturated carbocycles. The van der Waals surface area contributed by atoms with Crippen molar-refractivity contribution in [1.82, 2.24) is 4.90 Å². The predicted octanol–water partition coefficient (Wildman–Crippen LogP) is 0.881. The Morgan fingerprint density at radius 3 is 2.17 bits per heavy atom. The standard InChI is InChI=1S/C17H26N4O3/c1-21(2)11-15(22)19-13-3-5-14(6-4-13)20-16(23)17(12-18)7-9-24-10-8-17/h3-6H,7-12,18H2,1-2H3,(H,19,22)(H,20,23). The molecule has 2 amide bonds. The first-order chi connectivity index (χ1) is 11.4. The van der Waals surface area contributed by atoms with E-state index in [1.807, 2.05) is 14.1 Å². The van der Waals surface area contributed by atoms with E-state index >= 15 is 0 Å². The molecule has 24 heavy (non-hydrogen) atoms. The Labute approximate surface area is 142 Å². The Morgan fingerprint density at radius 2 is 1.67 bits per heavy atom. The quantitative estimate of drug-likeness (QED) is 0.718. The van der Waals surface area contributed by atoms with Crippen LogP contribution >= 0.6 is 0 Å². The third-order valence-electron chi connectivity index (χ3n) is 4.21. The van der Waals surface area contributed by atoms with E-state index in [1.165, 1.54) is 0 Å². The fourth-order valence-corrected chi connectivity index (χ4v) is 2.67. The molecule has 1 aliphatic heterocycles. The second kappa shape index (κ2) is 8.23. The van der Waals surface area contributed by atoms with Gasteiger partial charge in [-0.05, 0) is 51.2 Å². The maximum Gasteiger partial charge on any atom is 0.238 e. The number of carbonyl (C=O) groups is 2. The third kappa shape index (κ3) is 4.77. The van der Waals surface area contributed by atoms with E-state index in [4.69, 9.17) is 10.5 Å². The van der Waals surface area contributed by atoms with Gasteiger partial charge in [-0.25, -0.2) is 0 Å². The van der Waals surface area contributed by atoms with E-state index in [2.05, 4.69) is 10.6 Å². The van der Waals surface area contributed by atoms with Crippen LogP contribution in [0.25, 0.3) is 0 Å². The van der Waals surface area contributed by atoms with Crippen LogP contribution in [0.15, 0.2) is 24.3 Å². The van der Waals surface area contributed by atoms with Crippen molar-refractivity contribution in [2.24, 2.45) is 11.1 Å². The molecule has 1 fully saturated rings. The maximum atomic E-state index is 12.6. The molecule has 0 aliphatic carbocycles. The minimum atomic E-state index is -0.559. The molecule has 0 radical (unpaired) electrons. The molecule has 0 unspecified atom stereocenters. The number of hydrogen-bond donors (Lipinski definition) is 3. The minimum absolute atomic E-state index is 0.0716. The average molecular weight is 334 g/mol. The Balaban J connectivity index is 1.95. The highest BCUT2D eigenvalue weighted by Gasteiger charge is 2.38. The van der Waals surface area contributed by atoms with E-state index < -0.39 is 5.41 Å².